The van der Waals surface area contributed by atoms with E-state index in [-0.39, 0.29) is 0 Å². The lowest BCUT2D eigenvalue weighted by Gasteiger charge is -2.44. The van der Waals surface area contributed by atoms with Gasteiger partial charge in [-0.3, -0.25) is 0 Å². The molecule has 0 heterocycles. The van der Waals surface area contributed by atoms with Gasteiger partial charge in [0.2, 0.25) is 0 Å². The quantitative estimate of drug-likeness (QED) is 0.528. The number of hydrogen-bond acceptors (Lipinski definition) is 2. The minimum Gasteiger partial charge on any atom is -0.393 e. The third kappa shape index (κ3) is 5.07. The van der Waals surface area contributed by atoms with Crippen LogP contribution < -0.4 is 0 Å². The largest absolute Gasteiger partial charge is 0.393 e. The third-order valence-corrected chi connectivity index (χ3v) is 8.43. The van der Waals surface area contributed by atoms with Crippen LogP contribution in [0.25, 0.3) is 0 Å². The van der Waals surface area contributed by atoms with Crippen LogP contribution in [0.15, 0.2) is 35.5 Å². The summed E-state index contributed by atoms with van der Waals surface area (Å²) in [5.74, 6) is 3.20. The third-order valence-electron chi connectivity index (χ3n) is 8.43. The number of aliphatic hydroxyl groups excluding tert-OH is 2. The average Bonchev–Trinajstić information content (AvgIpc) is 3.00. The lowest BCUT2D eigenvalue weighted by Crippen LogP contribution is -2.36. The van der Waals surface area contributed by atoms with Gasteiger partial charge in [-0.05, 0) is 78.8 Å². The Bertz CT molecular complexity index is 643. The van der Waals surface area contributed by atoms with Gasteiger partial charge in [0.25, 0.3) is 0 Å². The molecule has 3 aliphatic carbocycles. The lowest BCUT2D eigenvalue weighted by molar-refractivity contribution is 0.0861. The van der Waals surface area contributed by atoms with Crippen LogP contribution in [-0.2, 0) is 0 Å². The molecule has 2 nitrogen and oxygen atoms in total. The molecule has 0 unspecified atom stereocenters. The van der Waals surface area contributed by atoms with E-state index < -0.39 is 12.2 Å². The predicted molar refractivity (Wildman–Crippen MR) is 123 cm³/mol. The summed E-state index contributed by atoms with van der Waals surface area (Å²) >= 11 is 0. The van der Waals surface area contributed by atoms with E-state index >= 15 is 0 Å². The van der Waals surface area contributed by atoms with E-state index in [2.05, 4.69) is 46.4 Å². The molecule has 2 heteroatoms. The van der Waals surface area contributed by atoms with Crippen molar-refractivity contribution in [1.29, 1.82) is 0 Å². The number of aliphatic hydroxyl groups is 2. The number of rotatable bonds is 6. The first-order valence-corrected chi connectivity index (χ1v) is 12.2. The molecule has 0 radical (unpaired) electrons. The monoisotopic (exact) mass is 400 g/mol. The first-order chi connectivity index (χ1) is 13.7. The molecule has 0 saturated heterocycles. The fourth-order valence-corrected chi connectivity index (χ4v) is 6.73. The van der Waals surface area contributed by atoms with Crippen molar-refractivity contribution in [1.82, 2.24) is 0 Å². The minimum absolute atomic E-state index is 0.420. The van der Waals surface area contributed by atoms with Gasteiger partial charge >= 0.3 is 0 Å². The maximum atomic E-state index is 10.1. The van der Waals surface area contributed by atoms with Crippen molar-refractivity contribution in [3.8, 4) is 0 Å². The van der Waals surface area contributed by atoms with Gasteiger partial charge < -0.3 is 10.2 Å². The van der Waals surface area contributed by atoms with Crippen LogP contribution in [0.4, 0.5) is 0 Å². The molecular weight excluding hydrogens is 356 g/mol. The summed E-state index contributed by atoms with van der Waals surface area (Å²) in [6, 6.07) is 0. The Balaban J connectivity index is 1.71. The van der Waals surface area contributed by atoms with Gasteiger partial charge in [0.15, 0.2) is 0 Å². The van der Waals surface area contributed by atoms with Crippen molar-refractivity contribution < 1.29 is 10.2 Å². The minimum atomic E-state index is -0.595. The highest BCUT2D eigenvalue weighted by atomic mass is 16.3. The highest BCUT2D eigenvalue weighted by molar-refractivity contribution is 5.38. The topological polar surface area (TPSA) is 40.5 Å². The van der Waals surface area contributed by atoms with Crippen LogP contribution >= 0.6 is 0 Å². The zero-order chi connectivity index (χ0) is 21.2. The molecule has 164 valence electrons. The molecule has 0 aromatic rings. The Kier molecular flexibility index (Phi) is 7.49. The molecule has 3 fully saturated rings. The summed E-state index contributed by atoms with van der Waals surface area (Å²) in [7, 11) is 0. The Morgan fingerprint density at radius 3 is 2.62 bits per heavy atom. The molecule has 29 heavy (non-hydrogen) atoms. The van der Waals surface area contributed by atoms with Gasteiger partial charge in [-0.1, -0.05) is 71.3 Å². The van der Waals surface area contributed by atoms with E-state index in [9.17, 15) is 10.2 Å². The van der Waals surface area contributed by atoms with Gasteiger partial charge in [-0.25, -0.2) is 0 Å². The summed E-state index contributed by atoms with van der Waals surface area (Å²) in [5, 5.41) is 20.2. The second-order valence-corrected chi connectivity index (χ2v) is 11.0. The standard InChI is InChI=1S/C27H44O2/c1-18(2)8-6-9-19(3)24-13-14-25-21(10-7-15-27(24,25)5)11-12-22-16-23(28)17-26(29)20(22)4/h11-12,18-19,23-26,28-29H,4,6-10,13-17H2,1-3,5H3/b21-11?,22-12-/t19-,23+,24-,25+,26+,27-/m1/s1. The van der Waals surface area contributed by atoms with Gasteiger partial charge in [-0.15, -0.1) is 0 Å². The van der Waals surface area contributed by atoms with Crippen LogP contribution in [-0.4, -0.2) is 22.4 Å². The highest BCUT2D eigenvalue weighted by Crippen LogP contribution is 2.59. The number of hydrogen-bond donors (Lipinski definition) is 2. The highest BCUT2D eigenvalue weighted by Gasteiger charge is 2.50. The van der Waals surface area contributed by atoms with Crippen LogP contribution in [0.5, 0.6) is 0 Å². The van der Waals surface area contributed by atoms with E-state index in [4.69, 9.17) is 0 Å². The van der Waals surface area contributed by atoms with Gasteiger partial charge in [0, 0.05) is 6.42 Å². The molecule has 0 bridgehead atoms. The SMILES string of the molecule is C=C1/C(=C\C=C2CCC[C@]3(C)[C@@H]([C@H](C)CCCC(C)C)CC[C@@H]23)C[C@H](O)C[C@@H]1O. The zero-order valence-electron chi connectivity index (χ0n) is 19.3. The first kappa shape index (κ1) is 22.8. The van der Waals surface area contributed by atoms with Gasteiger partial charge in [0.05, 0.1) is 12.2 Å². The Hall–Kier alpha value is -0.860. The summed E-state index contributed by atoms with van der Waals surface area (Å²) in [6.45, 7) is 13.8. The van der Waals surface area contributed by atoms with E-state index in [0.717, 1.165) is 28.9 Å². The molecule has 3 rings (SSSR count). The summed E-state index contributed by atoms with van der Waals surface area (Å²) < 4.78 is 0. The molecular formula is C27H44O2. The summed E-state index contributed by atoms with van der Waals surface area (Å²) in [6.07, 6.45) is 15.2. The normalized spacial score (nSPS) is 39.3. The molecule has 3 saturated carbocycles. The summed E-state index contributed by atoms with van der Waals surface area (Å²) in [4.78, 5) is 0. The Labute approximate surface area is 179 Å². The number of allylic oxidation sites excluding steroid dienone is 3. The lowest BCUT2D eigenvalue weighted by atomic mass is 9.60. The van der Waals surface area contributed by atoms with Crippen LogP contribution in [0, 0.1) is 29.1 Å². The van der Waals surface area contributed by atoms with Gasteiger partial charge in [0.1, 0.15) is 0 Å². The van der Waals surface area contributed by atoms with E-state index in [1.54, 1.807) is 5.57 Å². The van der Waals surface area contributed by atoms with Crippen molar-refractivity contribution in [3.63, 3.8) is 0 Å². The molecule has 6 atom stereocenters. The summed E-state index contributed by atoms with van der Waals surface area (Å²) in [5.41, 5.74) is 3.88. The molecule has 0 spiro atoms. The maximum absolute atomic E-state index is 10.1. The average molecular weight is 401 g/mol. The van der Waals surface area contributed by atoms with E-state index in [1.165, 1.54) is 51.4 Å². The molecule has 0 aliphatic heterocycles. The van der Waals surface area contributed by atoms with E-state index in [1.807, 2.05) is 0 Å². The van der Waals surface area contributed by atoms with Crippen molar-refractivity contribution >= 4 is 0 Å². The van der Waals surface area contributed by atoms with Crippen LogP contribution in [0.1, 0.15) is 91.9 Å². The fourth-order valence-electron chi connectivity index (χ4n) is 6.73. The first-order valence-electron chi connectivity index (χ1n) is 12.2. The maximum Gasteiger partial charge on any atom is 0.0811 e. The van der Waals surface area contributed by atoms with Crippen molar-refractivity contribution in [2.45, 2.75) is 104 Å². The fraction of sp³-hybridized carbons (Fsp3) is 0.778. The van der Waals surface area contributed by atoms with Crippen molar-refractivity contribution in [2.75, 3.05) is 0 Å². The second kappa shape index (κ2) is 9.52. The Morgan fingerprint density at radius 2 is 1.90 bits per heavy atom. The number of fused-ring (bicyclic) bond motifs is 1. The molecule has 0 aromatic heterocycles. The van der Waals surface area contributed by atoms with Crippen molar-refractivity contribution in [3.05, 3.63) is 35.5 Å². The van der Waals surface area contributed by atoms with Crippen molar-refractivity contribution in [2.24, 2.45) is 29.1 Å². The van der Waals surface area contributed by atoms with Gasteiger partial charge in [-0.2, -0.15) is 0 Å². The molecule has 2 N–H and O–H groups in total. The predicted octanol–water partition coefficient (Wildman–Crippen LogP) is 6.59. The zero-order valence-corrected chi connectivity index (χ0v) is 19.3. The Morgan fingerprint density at radius 1 is 1.14 bits per heavy atom. The second-order valence-electron chi connectivity index (χ2n) is 11.0. The smallest absolute Gasteiger partial charge is 0.0811 e. The van der Waals surface area contributed by atoms with E-state index in [0.29, 0.717) is 24.2 Å². The molecule has 0 aromatic carbocycles. The molecule has 3 aliphatic rings. The van der Waals surface area contributed by atoms with Crippen LogP contribution in [0.2, 0.25) is 0 Å². The van der Waals surface area contributed by atoms with Crippen LogP contribution in [0.3, 0.4) is 0 Å². The molecule has 0 amide bonds.